The van der Waals surface area contributed by atoms with Crippen molar-refractivity contribution < 1.29 is 23.9 Å². The minimum absolute atomic E-state index is 0.114. The molecule has 1 N–H and O–H groups in total. The Balaban J connectivity index is 1.83. The monoisotopic (exact) mass is 408 g/mol. The van der Waals surface area contributed by atoms with Crippen molar-refractivity contribution in [2.45, 2.75) is 0 Å². The van der Waals surface area contributed by atoms with Crippen LogP contribution in [0, 0.1) is 0 Å². The fraction of sp³-hybridized carbons (Fsp3) is 0.111. The van der Waals surface area contributed by atoms with E-state index in [4.69, 9.17) is 27.9 Å². The maximum absolute atomic E-state index is 11.8. The van der Waals surface area contributed by atoms with Crippen LogP contribution in [-0.2, 0) is 19.1 Å². The van der Waals surface area contributed by atoms with Crippen LogP contribution in [0.5, 0.6) is 0 Å². The topological polar surface area (TPSA) is 94.6 Å². The fourth-order valence-corrected chi connectivity index (χ4v) is 2.30. The molecule has 140 valence electrons. The molecule has 1 aromatic heterocycles. The predicted molar refractivity (Wildman–Crippen MR) is 101 cm³/mol. The zero-order valence-electron chi connectivity index (χ0n) is 14.1. The van der Waals surface area contributed by atoms with E-state index in [0.29, 0.717) is 16.1 Å². The van der Waals surface area contributed by atoms with Crippen molar-refractivity contribution in [1.82, 2.24) is 4.98 Å². The van der Waals surface area contributed by atoms with Gasteiger partial charge < -0.3 is 14.8 Å². The largest absolute Gasteiger partial charge is 0.465 e. The van der Waals surface area contributed by atoms with Crippen molar-refractivity contribution >= 4 is 52.9 Å². The summed E-state index contributed by atoms with van der Waals surface area (Å²) in [7, 11) is 1.29. The van der Waals surface area contributed by atoms with Crippen LogP contribution in [0.25, 0.3) is 6.08 Å². The van der Waals surface area contributed by atoms with E-state index in [1.807, 2.05) is 0 Å². The third-order valence-corrected chi connectivity index (χ3v) is 3.65. The Hall–Kier alpha value is -2.90. The number of halogens is 2. The van der Waals surface area contributed by atoms with E-state index in [1.165, 1.54) is 25.4 Å². The van der Waals surface area contributed by atoms with E-state index in [1.54, 1.807) is 24.3 Å². The van der Waals surface area contributed by atoms with Gasteiger partial charge >= 0.3 is 11.9 Å². The van der Waals surface area contributed by atoms with Gasteiger partial charge in [-0.3, -0.25) is 4.79 Å². The average Bonchev–Trinajstić information content (AvgIpc) is 2.66. The number of esters is 2. The maximum Gasteiger partial charge on any atom is 0.337 e. The highest BCUT2D eigenvalue weighted by atomic mass is 35.5. The molecule has 0 fully saturated rings. The van der Waals surface area contributed by atoms with Crippen LogP contribution in [0.3, 0.4) is 0 Å². The molecule has 7 nitrogen and oxygen atoms in total. The summed E-state index contributed by atoms with van der Waals surface area (Å²) in [4.78, 5) is 38.7. The summed E-state index contributed by atoms with van der Waals surface area (Å²) >= 11 is 11.6. The lowest BCUT2D eigenvalue weighted by Gasteiger charge is -2.06. The zero-order chi connectivity index (χ0) is 19.8. The van der Waals surface area contributed by atoms with E-state index in [9.17, 15) is 14.4 Å². The summed E-state index contributed by atoms with van der Waals surface area (Å²) in [6.07, 6.45) is 3.97. The van der Waals surface area contributed by atoms with Crippen LogP contribution < -0.4 is 5.32 Å². The highest BCUT2D eigenvalue weighted by molar-refractivity contribution is 6.36. The molecule has 0 radical (unpaired) electrons. The number of anilines is 1. The second-order valence-electron chi connectivity index (χ2n) is 5.09. The Kier molecular flexibility index (Phi) is 7.34. The highest BCUT2D eigenvalue weighted by Crippen LogP contribution is 2.22. The lowest BCUT2D eigenvalue weighted by molar-refractivity contribution is -0.142. The molecule has 1 amide bonds. The molecular weight excluding hydrogens is 395 g/mol. The molecule has 0 aliphatic heterocycles. The van der Waals surface area contributed by atoms with Gasteiger partial charge in [0.1, 0.15) is 0 Å². The molecule has 0 spiro atoms. The van der Waals surface area contributed by atoms with Gasteiger partial charge in [0.15, 0.2) is 12.4 Å². The lowest BCUT2D eigenvalue weighted by Crippen LogP contribution is -2.20. The van der Waals surface area contributed by atoms with Crippen molar-refractivity contribution in [3.63, 3.8) is 0 Å². The summed E-state index contributed by atoms with van der Waals surface area (Å²) in [6.45, 7) is -0.509. The average molecular weight is 409 g/mol. The minimum Gasteiger partial charge on any atom is -0.465 e. The van der Waals surface area contributed by atoms with Gasteiger partial charge in [0.25, 0.3) is 5.91 Å². The van der Waals surface area contributed by atoms with Gasteiger partial charge in [-0.25, -0.2) is 14.6 Å². The smallest absolute Gasteiger partial charge is 0.337 e. The number of pyridine rings is 1. The Labute approximate surface area is 164 Å². The fourth-order valence-electron chi connectivity index (χ4n) is 1.87. The third kappa shape index (κ3) is 6.40. The van der Waals surface area contributed by atoms with Crippen molar-refractivity contribution in [3.05, 3.63) is 63.8 Å². The summed E-state index contributed by atoms with van der Waals surface area (Å²) in [5.74, 6) is -1.65. The zero-order valence-corrected chi connectivity index (χ0v) is 15.6. The normalized spacial score (nSPS) is 10.5. The molecule has 9 heteroatoms. The van der Waals surface area contributed by atoms with Gasteiger partial charge in [-0.2, -0.15) is 0 Å². The number of nitrogens with one attached hydrogen (secondary N) is 1. The van der Waals surface area contributed by atoms with E-state index >= 15 is 0 Å². The minimum atomic E-state index is -0.711. The van der Waals surface area contributed by atoms with Gasteiger partial charge in [-0.05, 0) is 29.8 Å². The standard InChI is InChI=1S/C18H14Cl2N2O5/c1-26-18(25)12-5-2-11(3-6-12)4-7-16(24)27-10-15(23)22-17-14(20)8-13(19)9-21-17/h2-9H,10H2,1H3,(H,21,22,23). The first-order valence-corrected chi connectivity index (χ1v) is 8.28. The summed E-state index contributed by atoms with van der Waals surface area (Å²) in [5.41, 5.74) is 1.06. The molecule has 0 unspecified atom stereocenters. The maximum atomic E-state index is 11.8. The van der Waals surface area contributed by atoms with Crippen molar-refractivity contribution in [2.75, 3.05) is 19.0 Å². The number of methoxy groups -OCH3 is 1. The molecule has 0 atom stereocenters. The number of hydrogen-bond donors (Lipinski definition) is 1. The van der Waals surface area contributed by atoms with Crippen LogP contribution in [0.15, 0.2) is 42.6 Å². The van der Waals surface area contributed by atoms with Crippen molar-refractivity contribution in [1.29, 1.82) is 0 Å². The second kappa shape index (κ2) is 9.70. The summed E-state index contributed by atoms with van der Waals surface area (Å²) in [5, 5.41) is 2.90. The number of amides is 1. The molecule has 27 heavy (non-hydrogen) atoms. The van der Waals surface area contributed by atoms with Crippen molar-refractivity contribution in [3.8, 4) is 0 Å². The van der Waals surface area contributed by atoms with Gasteiger partial charge in [0.2, 0.25) is 0 Å². The Morgan fingerprint density at radius 2 is 1.89 bits per heavy atom. The number of carbonyl (C=O) groups excluding carboxylic acids is 3. The second-order valence-corrected chi connectivity index (χ2v) is 5.93. The third-order valence-electron chi connectivity index (χ3n) is 3.15. The molecule has 1 aromatic carbocycles. The summed E-state index contributed by atoms with van der Waals surface area (Å²) < 4.78 is 9.43. The number of carbonyl (C=O) groups is 3. The lowest BCUT2D eigenvalue weighted by atomic mass is 10.1. The van der Waals surface area contributed by atoms with E-state index in [0.717, 1.165) is 6.08 Å². The SMILES string of the molecule is COC(=O)c1ccc(C=CC(=O)OCC(=O)Nc2ncc(Cl)cc2Cl)cc1. The van der Waals surface area contributed by atoms with Crippen LogP contribution >= 0.6 is 23.2 Å². The number of aromatic nitrogens is 1. The number of benzene rings is 1. The van der Waals surface area contributed by atoms with Crippen LogP contribution in [0.1, 0.15) is 15.9 Å². The van der Waals surface area contributed by atoms with Gasteiger partial charge in [0, 0.05) is 12.3 Å². The van der Waals surface area contributed by atoms with Crippen LogP contribution in [-0.4, -0.2) is 36.5 Å². The Bertz CT molecular complexity index is 882. The molecule has 0 aliphatic carbocycles. The molecule has 2 aromatic rings. The molecule has 0 aliphatic rings. The first-order chi connectivity index (χ1) is 12.9. The van der Waals surface area contributed by atoms with Crippen molar-refractivity contribution in [2.24, 2.45) is 0 Å². The van der Waals surface area contributed by atoms with Gasteiger partial charge in [-0.1, -0.05) is 35.3 Å². The Morgan fingerprint density at radius 3 is 2.52 bits per heavy atom. The highest BCUT2D eigenvalue weighted by Gasteiger charge is 2.10. The van der Waals surface area contributed by atoms with Gasteiger partial charge in [-0.15, -0.1) is 0 Å². The number of ether oxygens (including phenoxy) is 2. The first-order valence-electron chi connectivity index (χ1n) is 7.53. The first kappa shape index (κ1) is 20.4. The van der Waals surface area contributed by atoms with E-state index in [2.05, 4.69) is 15.0 Å². The summed E-state index contributed by atoms with van der Waals surface area (Å²) in [6, 6.07) is 7.82. The van der Waals surface area contributed by atoms with Crippen LogP contribution in [0.4, 0.5) is 5.82 Å². The molecule has 1 heterocycles. The molecule has 2 rings (SSSR count). The molecule has 0 bridgehead atoms. The number of hydrogen-bond acceptors (Lipinski definition) is 6. The molecule has 0 saturated carbocycles. The van der Waals surface area contributed by atoms with Crippen LogP contribution in [0.2, 0.25) is 10.0 Å². The molecular formula is C18H14Cl2N2O5. The number of rotatable bonds is 6. The Morgan fingerprint density at radius 1 is 1.19 bits per heavy atom. The molecule has 0 saturated heterocycles. The van der Waals surface area contributed by atoms with E-state index in [-0.39, 0.29) is 10.8 Å². The predicted octanol–water partition coefficient (Wildman–Crippen LogP) is 3.37. The number of nitrogens with zero attached hydrogens (tertiary/aromatic N) is 1. The van der Waals surface area contributed by atoms with Gasteiger partial charge in [0.05, 0.1) is 22.7 Å². The quantitative estimate of drug-likeness (QED) is 0.581. The van der Waals surface area contributed by atoms with E-state index < -0.39 is 24.5 Å².